The Morgan fingerprint density at radius 3 is 2.13 bits per heavy atom. The van der Waals surface area contributed by atoms with Crippen molar-refractivity contribution in [2.75, 3.05) is 10.0 Å². The maximum Gasteiger partial charge on any atom is 0.357 e. The van der Waals surface area contributed by atoms with Gasteiger partial charge < -0.3 is 11.1 Å². The fourth-order valence-corrected chi connectivity index (χ4v) is 1.46. The largest absolute Gasteiger partial charge is 0.376 e. The average molecular weight is 247 g/mol. The lowest BCUT2D eigenvalue weighted by atomic mass is 10.3. The van der Waals surface area contributed by atoms with Crippen LogP contribution in [0.2, 0.25) is 0 Å². The molecule has 0 amide bonds. The number of nitrogens with two attached hydrogens (primary N) is 1. The van der Waals surface area contributed by atoms with Crippen LogP contribution in [0.4, 0.5) is 11.4 Å². The molecule has 0 saturated carbocycles. The fraction of sp³-hybridized carbons (Fsp3) is 0. The van der Waals surface area contributed by atoms with Crippen molar-refractivity contribution in [1.82, 2.24) is 0 Å². The Morgan fingerprint density at radius 1 is 1.27 bits per heavy atom. The monoisotopic (exact) mass is 247 g/mol. The number of rotatable bonds is 3. The fourth-order valence-electron chi connectivity index (χ4n) is 0.913. The van der Waals surface area contributed by atoms with Crippen molar-refractivity contribution < 1.29 is 13.0 Å². The number of anilines is 2. The third kappa shape index (κ3) is 4.58. The van der Waals surface area contributed by atoms with E-state index >= 15 is 0 Å². The minimum absolute atomic E-state index is 0.116. The molecule has 1 rings (SSSR count). The van der Waals surface area contributed by atoms with Crippen LogP contribution in [0.25, 0.3) is 0 Å². The molecule has 1 aromatic rings. The van der Waals surface area contributed by atoms with Crippen molar-refractivity contribution in [3.8, 4) is 0 Å². The van der Waals surface area contributed by atoms with E-state index in [4.69, 9.17) is 10.3 Å². The second-order valence-corrected chi connectivity index (χ2v) is 4.24. The molecule has 0 saturated heterocycles. The Bertz CT molecular complexity index is 455. The molecule has 0 atom stereocenters. The summed E-state index contributed by atoms with van der Waals surface area (Å²) in [4.78, 5) is 0. The van der Waals surface area contributed by atoms with Gasteiger partial charge in [-0.15, -0.1) is 0 Å². The zero-order valence-electron chi connectivity index (χ0n) is 7.47. The first-order valence-corrected chi connectivity index (χ1v) is 5.63. The van der Waals surface area contributed by atoms with E-state index in [1.165, 1.54) is 12.1 Å². The third-order valence-corrected chi connectivity index (χ3v) is 1.99. The SMILES string of the molecule is NC(=S)Nc1ccc(NS(=O)(=O)O)cc1. The third-order valence-electron chi connectivity index (χ3n) is 1.40. The molecule has 8 heteroatoms. The lowest BCUT2D eigenvalue weighted by Gasteiger charge is -2.05. The van der Waals surface area contributed by atoms with E-state index in [9.17, 15) is 8.42 Å². The van der Waals surface area contributed by atoms with Gasteiger partial charge in [-0.3, -0.25) is 9.27 Å². The van der Waals surface area contributed by atoms with Crippen LogP contribution in [0, 0.1) is 0 Å². The number of benzene rings is 1. The highest BCUT2D eigenvalue weighted by Crippen LogP contribution is 2.13. The van der Waals surface area contributed by atoms with Gasteiger partial charge in [-0.25, -0.2) is 0 Å². The molecular formula is C7H9N3O3S2. The summed E-state index contributed by atoms with van der Waals surface area (Å²) in [6.45, 7) is 0. The minimum Gasteiger partial charge on any atom is -0.376 e. The van der Waals surface area contributed by atoms with E-state index in [0.29, 0.717) is 5.69 Å². The van der Waals surface area contributed by atoms with Gasteiger partial charge >= 0.3 is 10.3 Å². The highest BCUT2D eigenvalue weighted by atomic mass is 32.2. The minimum atomic E-state index is -4.23. The predicted molar refractivity (Wildman–Crippen MR) is 62.0 cm³/mol. The van der Waals surface area contributed by atoms with Crippen molar-refractivity contribution in [3.63, 3.8) is 0 Å². The normalized spacial score (nSPS) is 10.7. The summed E-state index contributed by atoms with van der Waals surface area (Å²) in [5, 5.41) is 2.78. The van der Waals surface area contributed by atoms with Crippen LogP contribution in [-0.4, -0.2) is 18.1 Å². The maximum atomic E-state index is 10.5. The second-order valence-electron chi connectivity index (χ2n) is 2.64. The number of hydrogen-bond donors (Lipinski definition) is 4. The summed E-state index contributed by atoms with van der Waals surface area (Å²) in [5.74, 6) is 0. The molecule has 0 aromatic heterocycles. The summed E-state index contributed by atoms with van der Waals surface area (Å²) >= 11 is 4.61. The lowest BCUT2D eigenvalue weighted by molar-refractivity contribution is 0.490. The first kappa shape index (κ1) is 11.7. The van der Waals surface area contributed by atoms with Gasteiger partial charge in [0.15, 0.2) is 5.11 Å². The zero-order chi connectivity index (χ0) is 11.5. The van der Waals surface area contributed by atoms with E-state index < -0.39 is 10.3 Å². The van der Waals surface area contributed by atoms with Crippen LogP contribution in [0.5, 0.6) is 0 Å². The molecule has 82 valence electrons. The Labute approximate surface area is 92.4 Å². The number of nitrogens with one attached hydrogen (secondary N) is 2. The highest BCUT2D eigenvalue weighted by molar-refractivity contribution is 7.87. The quantitative estimate of drug-likeness (QED) is 0.459. The molecule has 0 aliphatic rings. The smallest absolute Gasteiger partial charge is 0.357 e. The van der Waals surface area contributed by atoms with Gasteiger partial charge in [0.25, 0.3) is 0 Å². The maximum absolute atomic E-state index is 10.5. The standard InChI is InChI=1S/C7H9N3O3S2/c8-7(14)9-5-1-3-6(4-2-5)10-15(11,12)13/h1-4,10H,(H3,8,9,14)(H,11,12,13). The molecule has 6 nitrogen and oxygen atoms in total. The van der Waals surface area contributed by atoms with Crippen molar-refractivity contribution in [2.24, 2.45) is 5.73 Å². The Balaban J connectivity index is 2.77. The van der Waals surface area contributed by atoms with Crippen molar-refractivity contribution in [2.45, 2.75) is 0 Å². The highest BCUT2D eigenvalue weighted by Gasteiger charge is 2.03. The molecule has 0 unspecified atom stereocenters. The van der Waals surface area contributed by atoms with E-state index in [-0.39, 0.29) is 10.8 Å². The molecule has 0 spiro atoms. The lowest BCUT2D eigenvalue weighted by Crippen LogP contribution is -2.18. The van der Waals surface area contributed by atoms with Gasteiger partial charge in [0, 0.05) is 5.69 Å². The van der Waals surface area contributed by atoms with Crippen LogP contribution >= 0.6 is 12.2 Å². The van der Waals surface area contributed by atoms with Crippen LogP contribution in [-0.2, 0) is 10.3 Å². The van der Waals surface area contributed by atoms with E-state index in [0.717, 1.165) is 0 Å². The molecule has 0 aliphatic carbocycles. The zero-order valence-corrected chi connectivity index (χ0v) is 9.10. The predicted octanol–water partition coefficient (Wildman–Crippen LogP) is 0.557. The molecule has 15 heavy (non-hydrogen) atoms. The summed E-state index contributed by atoms with van der Waals surface area (Å²) in [7, 11) is -4.23. The van der Waals surface area contributed by atoms with Crippen molar-refractivity contribution in [3.05, 3.63) is 24.3 Å². The summed E-state index contributed by atoms with van der Waals surface area (Å²) in [5.41, 5.74) is 6.10. The van der Waals surface area contributed by atoms with Crippen LogP contribution < -0.4 is 15.8 Å². The van der Waals surface area contributed by atoms with Gasteiger partial charge in [-0.2, -0.15) is 8.42 Å². The Hall–Kier alpha value is -1.38. The van der Waals surface area contributed by atoms with Crippen molar-refractivity contribution in [1.29, 1.82) is 0 Å². The van der Waals surface area contributed by atoms with Crippen LogP contribution in [0.1, 0.15) is 0 Å². The van der Waals surface area contributed by atoms with E-state index in [1.54, 1.807) is 12.1 Å². The summed E-state index contributed by atoms with van der Waals surface area (Å²) in [6, 6.07) is 6.03. The van der Waals surface area contributed by atoms with Crippen molar-refractivity contribution >= 4 is 39.0 Å². The molecule has 0 radical (unpaired) electrons. The first-order valence-electron chi connectivity index (χ1n) is 3.78. The Morgan fingerprint density at radius 2 is 1.73 bits per heavy atom. The van der Waals surface area contributed by atoms with E-state index in [2.05, 4.69) is 17.5 Å². The molecule has 0 heterocycles. The number of thiocarbonyl (C=S) groups is 1. The van der Waals surface area contributed by atoms with Gasteiger partial charge in [-0.1, -0.05) is 0 Å². The number of hydrogen-bond acceptors (Lipinski definition) is 3. The van der Waals surface area contributed by atoms with E-state index in [1.807, 2.05) is 4.72 Å². The topological polar surface area (TPSA) is 104 Å². The Kier molecular flexibility index (Phi) is 3.45. The molecule has 0 fully saturated rings. The molecule has 5 N–H and O–H groups in total. The molecule has 1 aromatic carbocycles. The first-order chi connectivity index (χ1) is 6.87. The average Bonchev–Trinajstić information content (AvgIpc) is 2.05. The summed E-state index contributed by atoms with van der Waals surface area (Å²) < 4.78 is 31.3. The molecular weight excluding hydrogens is 238 g/mol. The van der Waals surface area contributed by atoms with Gasteiger partial charge in [0.1, 0.15) is 0 Å². The van der Waals surface area contributed by atoms with Crippen LogP contribution in [0.15, 0.2) is 24.3 Å². The molecule has 0 aliphatic heterocycles. The summed E-state index contributed by atoms with van der Waals surface area (Å²) in [6.07, 6.45) is 0. The van der Waals surface area contributed by atoms with Gasteiger partial charge in [-0.05, 0) is 36.5 Å². The van der Waals surface area contributed by atoms with Gasteiger partial charge in [0.05, 0.1) is 5.69 Å². The second kappa shape index (κ2) is 4.43. The van der Waals surface area contributed by atoms with Gasteiger partial charge in [0.2, 0.25) is 0 Å². The van der Waals surface area contributed by atoms with Crippen LogP contribution in [0.3, 0.4) is 0 Å². The molecule has 0 bridgehead atoms.